The van der Waals surface area contributed by atoms with Crippen LogP contribution in [-0.2, 0) is 22.3 Å². The molecule has 1 aromatic carbocycles. The van der Waals surface area contributed by atoms with Crippen LogP contribution in [0.4, 0.5) is 0 Å². The van der Waals surface area contributed by atoms with Gasteiger partial charge in [-0.3, -0.25) is 0 Å². The van der Waals surface area contributed by atoms with Gasteiger partial charge in [0.2, 0.25) is 0 Å². The predicted octanol–water partition coefficient (Wildman–Crippen LogP) is 7.23. The van der Waals surface area contributed by atoms with E-state index in [1.165, 1.54) is 38.5 Å². The molecule has 0 spiro atoms. The van der Waals surface area contributed by atoms with Gasteiger partial charge in [0.15, 0.2) is 0 Å². The largest absolute Gasteiger partial charge is 0.508 e. The topological polar surface area (TPSA) is 38.7 Å². The van der Waals surface area contributed by atoms with Crippen molar-refractivity contribution >= 4 is 0 Å². The van der Waals surface area contributed by atoms with E-state index in [4.69, 9.17) is 9.47 Å². The molecule has 0 atom stereocenters. The first-order chi connectivity index (χ1) is 13.7. The van der Waals surface area contributed by atoms with E-state index in [-0.39, 0.29) is 11.2 Å². The smallest absolute Gasteiger partial charge is 0.119 e. The zero-order chi connectivity index (χ0) is 21.8. The molecule has 0 saturated carbocycles. The summed E-state index contributed by atoms with van der Waals surface area (Å²) in [6, 6.07) is 5.84. The van der Waals surface area contributed by atoms with Gasteiger partial charge < -0.3 is 14.6 Å². The van der Waals surface area contributed by atoms with Gasteiger partial charge in [-0.15, -0.1) is 0 Å². The van der Waals surface area contributed by atoms with Crippen LogP contribution in [0.1, 0.15) is 104 Å². The molecular weight excluding hydrogens is 360 g/mol. The molecule has 0 aliphatic rings. The Kier molecular flexibility index (Phi) is 11.9. The Morgan fingerprint density at radius 1 is 0.724 bits per heavy atom. The maximum atomic E-state index is 10.6. The number of benzene rings is 1. The number of aromatic hydroxyl groups is 1. The fourth-order valence-electron chi connectivity index (χ4n) is 3.73. The molecule has 1 N–H and O–H groups in total. The Morgan fingerprint density at radius 2 is 1.24 bits per heavy atom. The van der Waals surface area contributed by atoms with Crippen molar-refractivity contribution in [1.82, 2.24) is 0 Å². The highest BCUT2D eigenvalue weighted by atomic mass is 16.5. The van der Waals surface area contributed by atoms with Crippen LogP contribution in [0.3, 0.4) is 0 Å². The Hall–Kier alpha value is -1.06. The van der Waals surface area contributed by atoms with Gasteiger partial charge in [0, 0.05) is 26.1 Å². The van der Waals surface area contributed by atoms with E-state index in [1.807, 2.05) is 6.07 Å². The minimum atomic E-state index is -0.301. The zero-order valence-electron chi connectivity index (χ0n) is 20.0. The standard InChI is InChI=1S/C26H46O3/c1-7-9-11-13-18-28-25(3,4)20-22-16-15-17-24(27)23(22)21-26(5,6)29-19-14-12-10-8-2/h15-17,27H,7-14,18-21H2,1-6H3. The quantitative estimate of drug-likeness (QED) is 0.294. The van der Waals surface area contributed by atoms with Gasteiger partial charge in [-0.05, 0) is 57.7 Å². The lowest BCUT2D eigenvalue weighted by atomic mass is 9.88. The first-order valence-electron chi connectivity index (χ1n) is 11.8. The van der Waals surface area contributed by atoms with Gasteiger partial charge in [0.25, 0.3) is 0 Å². The lowest BCUT2D eigenvalue weighted by molar-refractivity contribution is -0.0231. The van der Waals surface area contributed by atoms with Crippen LogP contribution in [0.15, 0.2) is 18.2 Å². The Bertz CT molecular complexity index is 563. The second-order valence-corrected chi connectivity index (χ2v) is 9.61. The van der Waals surface area contributed by atoms with E-state index in [2.05, 4.69) is 47.6 Å². The van der Waals surface area contributed by atoms with Gasteiger partial charge >= 0.3 is 0 Å². The molecule has 1 aromatic rings. The maximum Gasteiger partial charge on any atom is 0.119 e. The molecule has 3 heteroatoms. The number of hydrogen-bond donors (Lipinski definition) is 1. The fourth-order valence-corrected chi connectivity index (χ4v) is 3.73. The lowest BCUT2D eigenvalue weighted by Crippen LogP contribution is -2.31. The monoisotopic (exact) mass is 406 g/mol. The van der Waals surface area contributed by atoms with Crippen molar-refractivity contribution in [2.45, 2.75) is 117 Å². The molecule has 0 aliphatic carbocycles. The SMILES string of the molecule is CCCCCCOC(C)(C)Cc1cccc(O)c1CC(C)(C)OCCCCCC. The molecule has 1 rings (SSSR count). The van der Waals surface area contributed by atoms with Crippen LogP contribution in [0.25, 0.3) is 0 Å². The van der Waals surface area contributed by atoms with E-state index in [9.17, 15) is 5.11 Å². The molecule has 0 amide bonds. The molecular formula is C26H46O3. The fraction of sp³-hybridized carbons (Fsp3) is 0.769. The third kappa shape index (κ3) is 11.1. The van der Waals surface area contributed by atoms with Gasteiger partial charge in [0.1, 0.15) is 5.75 Å². The zero-order valence-corrected chi connectivity index (χ0v) is 20.0. The van der Waals surface area contributed by atoms with Crippen molar-refractivity contribution in [2.75, 3.05) is 13.2 Å². The molecule has 0 bridgehead atoms. The normalized spacial score (nSPS) is 12.5. The van der Waals surface area contributed by atoms with Crippen molar-refractivity contribution in [2.24, 2.45) is 0 Å². The molecule has 0 saturated heterocycles. The van der Waals surface area contributed by atoms with E-state index in [0.717, 1.165) is 43.6 Å². The van der Waals surface area contributed by atoms with Gasteiger partial charge in [-0.1, -0.05) is 64.5 Å². The van der Waals surface area contributed by atoms with Crippen molar-refractivity contribution in [3.63, 3.8) is 0 Å². The summed E-state index contributed by atoms with van der Waals surface area (Å²) >= 11 is 0. The van der Waals surface area contributed by atoms with Gasteiger partial charge in [-0.25, -0.2) is 0 Å². The summed E-state index contributed by atoms with van der Waals surface area (Å²) in [7, 11) is 0. The summed E-state index contributed by atoms with van der Waals surface area (Å²) in [5, 5.41) is 10.6. The number of phenolic OH excluding ortho intramolecular Hbond substituents is 1. The van der Waals surface area contributed by atoms with Crippen molar-refractivity contribution in [3.8, 4) is 5.75 Å². The summed E-state index contributed by atoms with van der Waals surface area (Å²) in [6.07, 6.45) is 11.2. The minimum absolute atomic E-state index is 0.250. The van der Waals surface area contributed by atoms with E-state index >= 15 is 0 Å². The van der Waals surface area contributed by atoms with Crippen LogP contribution in [-0.4, -0.2) is 29.5 Å². The Balaban J connectivity index is 2.70. The maximum absolute atomic E-state index is 10.6. The second kappa shape index (κ2) is 13.3. The summed E-state index contributed by atoms with van der Waals surface area (Å²) in [5.74, 6) is 0.365. The van der Waals surface area contributed by atoms with Crippen LogP contribution < -0.4 is 0 Å². The molecule has 0 radical (unpaired) electrons. The van der Waals surface area contributed by atoms with Crippen LogP contribution in [0.2, 0.25) is 0 Å². The first-order valence-corrected chi connectivity index (χ1v) is 11.8. The molecule has 29 heavy (non-hydrogen) atoms. The van der Waals surface area contributed by atoms with Crippen molar-refractivity contribution < 1.29 is 14.6 Å². The van der Waals surface area contributed by atoms with Crippen LogP contribution >= 0.6 is 0 Å². The lowest BCUT2D eigenvalue weighted by Gasteiger charge is -2.30. The molecule has 3 nitrogen and oxygen atoms in total. The highest BCUT2D eigenvalue weighted by Crippen LogP contribution is 2.30. The molecule has 0 aromatic heterocycles. The number of hydrogen-bond acceptors (Lipinski definition) is 3. The molecule has 0 heterocycles. The van der Waals surface area contributed by atoms with Gasteiger partial charge in [-0.2, -0.15) is 0 Å². The van der Waals surface area contributed by atoms with Crippen LogP contribution in [0.5, 0.6) is 5.75 Å². The second-order valence-electron chi connectivity index (χ2n) is 9.61. The van der Waals surface area contributed by atoms with E-state index < -0.39 is 0 Å². The van der Waals surface area contributed by atoms with E-state index in [1.54, 1.807) is 6.07 Å². The molecule has 168 valence electrons. The average Bonchev–Trinajstić information content (AvgIpc) is 2.64. The van der Waals surface area contributed by atoms with Crippen molar-refractivity contribution in [3.05, 3.63) is 29.3 Å². The van der Waals surface area contributed by atoms with Gasteiger partial charge in [0.05, 0.1) is 11.2 Å². The molecule has 0 fully saturated rings. The number of unbranched alkanes of at least 4 members (excludes halogenated alkanes) is 6. The highest BCUT2D eigenvalue weighted by molar-refractivity contribution is 5.41. The third-order valence-corrected chi connectivity index (χ3v) is 5.45. The van der Waals surface area contributed by atoms with Crippen molar-refractivity contribution in [1.29, 1.82) is 0 Å². The third-order valence-electron chi connectivity index (χ3n) is 5.45. The van der Waals surface area contributed by atoms with Crippen LogP contribution in [0, 0.1) is 0 Å². The molecule has 0 unspecified atom stereocenters. The Labute approximate surface area is 180 Å². The summed E-state index contributed by atoms with van der Waals surface area (Å²) in [5.41, 5.74) is 1.60. The summed E-state index contributed by atoms with van der Waals surface area (Å²) < 4.78 is 12.4. The number of ether oxygens (including phenoxy) is 2. The molecule has 0 aliphatic heterocycles. The first kappa shape index (κ1) is 26.0. The minimum Gasteiger partial charge on any atom is -0.508 e. The summed E-state index contributed by atoms with van der Waals surface area (Å²) in [6.45, 7) is 14.6. The highest BCUT2D eigenvalue weighted by Gasteiger charge is 2.26. The predicted molar refractivity (Wildman–Crippen MR) is 124 cm³/mol. The number of rotatable bonds is 16. The van der Waals surface area contributed by atoms with E-state index in [0.29, 0.717) is 12.2 Å². The average molecular weight is 407 g/mol. The number of phenols is 1. The Morgan fingerprint density at radius 3 is 1.76 bits per heavy atom. The summed E-state index contributed by atoms with van der Waals surface area (Å²) in [4.78, 5) is 0.